The van der Waals surface area contributed by atoms with Crippen LogP contribution in [0.2, 0.25) is 0 Å². The number of benzene rings is 2. The van der Waals surface area contributed by atoms with Crippen LogP contribution in [-0.4, -0.2) is 12.4 Å². The summed E-state index contributed by atoms with van der Waals surface area (Å²) in [6.07, 6.45) is 3.37. The van der Waals surface area contributed by atoms with Gasteiger partial charge in [-0.05, 0) is 55.9 Å². The Bertz CT molecular complexity index is 916. The molecular formula is C22H23FO2S. The number of para-hydroxylation sites is 1. The molecule has 0 amide bonds. The zero-order valence-corrected chi connectivity index (χ0v) is 15.8. The molecule has 2 aromatic carbocycles. The maximum atomic E-state index is 12.4. The van der Waals surface area contributed by atoms with Crippen molar-refractivity contribution in [1.29, 1.82) is 0 Å². The number of rotatable bonds is 8. The van der Waals surface area contributed by atoms with Crippen molar-refractivity contribution in [2.75, 3.05) is 12.4 Å². The minimum Gasteiger partial charge on any atom is -0.449 e. The largest absolute Gasteiger partial charge is 0.449 e. The molecule has 0 bridgehead atoms. The number of thioether (sulfide) groups is 1. The first-order chi connectivity index (χ1) is 12.7. The molecule has 136 valence electrons. The van der Waals surface area contributed by atoms with E-state index in [0.717, 1.165) is 25.0 Å². The summed E-state index contributed by atoms with van der Waals surface area (Å²) in [5.74, 6) is 0.851. The van der Waals surface area contributed by atoms with Crippen LogP contribution in [0.1, 0.15) is 29.5 Å². The number of hydrogen-bond acceptors (Lipinski definition) is 3. The fourth-order valence-corrected chi connectivity index (χ4v) is 3.89. The second-order valence-electron chi connectivity index (χ2n) is 6.40. The van der Waals surface area contributed by atoms with Crippen LogP contribution in [-0.2, 0) is 12.8 Å². The Morgan fingerprint density at radius 2 is 1.65 bits per heavy atom. The standard InChI is InChI=1S/C22H23FO2S/c1-16-21(24)19-7-2-3-8-20(19)25-22(16)26-15-13-18-11-9-17(10-12-18)6-4-5-14-23/h2-3,7-12H,4-6,13-15H2,1H3. The third-order valence-corrected chi connectivity index (χ3v) is 5.54. The van der Waals surface area contributed by atoms with Gasteiger partial charge in [0.25, 0.3) is 0 Å². The minimum absolute atomic E-state index is 0.0481. The first-order valence-corrected chi connectivity index (χ1v) is 9.96. The quantitative estimate of drug-likeness (QED) is 0.375. The normalized spacial score (nSPS) is 11.2. The van der Waals surface area contributed by atoms with Gasteiger partial charge >= 0.3 is 0 Å². The van der Waals surface area contributed by atoms with Crippen LogP contribution in [0.25, 0.3) is 11.0 Å². The van der Waals surface area contributed by atoms with Gasteiger partial charge in [0.05, 0.1) is 12.1 Å². The molecule has 1 aromatic heterocycles. The number of halogens is 1. The molecule has 0 unspecified atom stereocenters. The molecule has 0 saturated heterocycles. The first-order valence-electron chi connectivity index (χ1n) is 8.98. The highest BCUT2D eigenvalue weighted by molar-refractivity contribution is 7.99. The summed E-state index contributed by atoms with van der Waals surface area (Å²) in [6.45, 7) is 1.59. The molecule has 0 aliphatic carbocycles. The Hall–Kier alpha value is -2.07. The van der Waals surface area contributed by atoms with E-state index in [1.54, 1.807) is 17.8 Å². The third-order valence-electron chi connectivity index (χ3n) is 4.48. The smallest absolute Gasteiger partial charge is 0.196 e. The van der Waals surface area contributed by atoms with Crippen molar-refractivity contribution in [1.82, 2.24) is 0 Å². The average Bonchev–Trinajstić information content (AvgIpc) is 2.67. The Morgan fingerprint density at radius 1 is 0.962 bits per heavy atom. The van der Waals surface area contributed by atoms with Gasteiger partial charge in [-0.2, -0.15) is 0 Å². The molecule has 1 heterocycles. The van der Waals surface area contributed by atoms with Gasteiger partial charge in [0.1, 0.15) is 5.58 Å². The molecule has 0 N–H and O–H groups in total. The van der Waals surface area contributed by atoms with E-state index in [-0.39, 0.29) is 12.1 Å². The lowest BCUT2D eigenvalue weighted by atomic mass is 10.1. The molecule has 0 fully saturated rings. The summed E-state index contributed by atoms with van der Waals surface area (Å²) in [6, 6.07) is 15.9. The molecule has 2 nitrogen and oxygen atoms in total. The lowest BCUT2D eigenvalue weighted by Gasteiger charge is -2.07. The Labute approximate surface area is 157 Å². The van der Waals surface area contributed by atoms with Crippen molar-refractivity contribution in [2.24, 2.45) is 0 Å². The summed E-state index contributed by atoms with van der Waals surface area (Å²) < 4.78 is 18.1. The van der Waals surface area contributed by atoms with E-state index in [0.29, 0.717) is 28.0 Å². The molecule has 0 atom stereocenters. The first kappa shape index (κ1) is 18.7. The van der Waals surface area contributed by atoms with E-state index in [9.17, 15) is 9.18 Å². The van der Waals surface area contributed by atoms with E-state index in [4.69, 9.17) is 4.42 Å². The number of alkyl halides is 1. The van der Waals surface area contributed by atoms with E-state index < -0.39 is 0 Å². The predicted octanol–water partition coefficient (Wildman–Crippen LogP) is 5.73. The van der Waals surface area contributed by atoms with Crippen molar-refractivity contribution in [3.05, 3.63) is 75.4 Å². The maximum absolute atomic E-state index is 12.4. The monoisotopic (exact) mass is 370 g/mol. The van der Waals surface area contributed by atoms with Crippen molar-refractivity contribution in [3.63, 3.8) is 0 Å². The average molecular weight is 370 g/mol. The maximum Gasteiger partial charge on any atom is 0.196 e. The summed E-state index contributed by atoms with van der Waals surface area (Å²) >= 11 is 1.58. The molecule has 0 saturated carbocycles. The van der Waals surface area contributed by atoms with Gasteiger partial charge in [0.2, 0.25) is 0 Å². The predicted molar refractivity (Wildman–Crippen MR) is 107 cm³/mol. The summed E-state index contributed by atoms with van der Waals surface area (Å²) in [4.78, 5) is 12.4. The van der Waals surface area contributed by atoms with Crippen LogP contribution in [0, 0.1) is 6.92 Å². The Kier molecular flexibility index (Phi) is 6.51. The van der Waals surface area contributed by atoms with E-state index in [1.165, 1.54) is 11.1 Å². The second kappa shape index (κ2) is 9.04. The van der Waals surface area contributed by atoms with Crippen LogP contribution >= 0.6 is 11.8 Å². The summed E-state index contributed by atoms with van der Waals surface area (Å²) in [7, 11) is 0. The highest BCUT2D eigenvalue weighted by atomic mass is 32.2. The van der Waals surface area contributed by atoms with Gasteiger partial charge in [-0.1, -0.05) is 48.2 Å². The number of unbranched alkanes of at least 4 members (excludes halogenated alkanes) is 1. The topological polar surface area (TPSA) is 30.2 Å². The van der Waals surface area contributed by atoms with E-state index in [2.05, 4.69) is 24.3 Å². The van der Waals surface area contributed by atoms with Gasteiger partial charge < -0.3 is 4.42 Å². The van der Waals surface area contributed by atoms with Crippen LogP contribution in [0.15, 0.2) is 62.8 Å². The lowest BCUT2D eigenvalue weighted by molar-refractivity contribution is 0.462. The van der Waals surface area contributed by atoms with Gasteiger partial charge in [-0.15, -0.1) is 0 Å². The minimum atomic E-state index is -0.236. The molecule has 0 aliphatic heterocycles. The number of aryl methyl sites for hydroxylation is 2. The Balaban J connectivity index is 1.60. The number of hydrogen-bond donors (Lipinski definition) is 0. The summed E-state index contributed by atoms with van der Waals surface area (Å²) in [5, 5.41) is 1.34. The zero-order chi connectivity index (χ0) is 18.4. The Morgan fingerprint density at radius 3 is 2.38 bits per heavy atom. The molecule has 0 spiro atoms. The van der Waals surface area contributed by atoms with Gasteiger partial charge in [-0.3, -0.25) is 9.18 Å². The van der Waals surface area contributed by atoms with Crippen LogP contribution in [0.4, 0.5) is 4.39 Å². The van der Waals surface area contributed by atoms with Crippen molar-refractivity contribution >= 4 is 22.7 Å². The van der Waals surface area contributed by atoms with Crippen molar-refractivity contribution < 1.29 is 8.81 Å². The van der Waals surface area contributed by atoms with E-state index >= 15 is 0 Å². The van der Waals surface area contributed by atoms with Crippen LogP contribution in [0.3, 0.4) is 0 Å². The highest BCUT2D eigenvalue weighted by Gasteiger charge is 2.10. The molecule has 26 heavy (non-hydrogen) atoms. The fraction of sp³-hybridized carbons (Fsp3) is 0.318. The molecule has 0 aliphatic rings. The van der Waals surface area contributed by atoms with Gasteiger partial charge in [0.15, 0.2) is 10.5 Å². The molecule has 3 rings (SSSR count). The number of fused-ring (bicyclic) bond motifs is 1. The van der Waals surface area contributed by atoms with Gasteiger partial charge in [-0.25, -0.2) is 0 Å². The van der Waals surface area contributed by atoms with Crippen molar-refractivity contribution in [2.45, 2.75) is 37.7 Å². The second-order valence-corrected chi connectivity index (χ2v) is 7.47. The van der Waals surface area contributed by atoms with Crippen LogP contribution in [0.5, 0.6) is 0 Å². The molecular weight excluding hydrogens is 347 g/mol. The highest BCUT2D eigenvalue weighted by Crippen LogP contribution is 2.25. The lowest BCUT2D eigenvalue weighted by Crippen LogP contribution is -2.06. The zero-order valence-electron chi connectivity index (χ0n) is 15.0. The third kappa shape index (κ3) is 4.55. The fourth-order valence-electron chi connectivity index (χ4n) is 2.91. The van der Waals surface area contributed by atoms with Gasteiger partial charge in [0, 0.05) is 11.3 Å². The van der Waals surface area contributed by atoms with Crippen molar-refractivity contribution in [3.8, 4) is 0 Å². The molecule has 3 aromatic rings. The molecule has 4 heteroatoms. The summed E-state index contributed by atoms with van der Waals surface area (Å²) in [5.41, 5.74) is 3.88. The molecule has 0 radical (unpaired) electrons. The van der Waals surface area contributed by atoms with E-state index in [1.807, 2.05) is 25.1 Å². The SMILES string of the molecule is Cc1c(SCCc2ccc(CCCCF)cc2)oc2ccccc2c1=O. The van der Waals surface area contributed by atoms with Crippen LogP contribution < -0.4 is 5.43 Å².